The van der Waals surface area contributed by atoms with Crippen LogP contribution in [0.1, 0.15) is 23.4 Å². The molecule has 0 spiro atoms. The first kappa shape index (κ1) is 16.7. The average molecular weight is 342 g/mol. The van der Waals surface area contributed by atoms with Crippen molar-refractivity contribution in [3.05, 3.63) is 16.1 Å². The Morgan fingerprint density at radius 2 is 2.00 bits per heavy atom. The van der Waals surface area contributed by atoms with Gasteiger partial charge in [-0.3, -0.25) is 0 Å². The number of aromatic nitrogens is 1. The molecule has 0 atom stereocenters. The van der Waals surface area contributed by atoms with Crippen LogP contribution in [0.4, 0.5) is 13.2 Å². The summed E-state index contributed by atoms with van der Waals surface area (Å²) in [5.41, 5.74) is 2.47. The summed E-state index contributed by atoms with van der Waals surface area (Å²) in [5, 5.41) is 0. The molecule has 1 fully saturated rings. The van der Waals surface area contributed by atoms with Crippen molar-refractivity contribution in [1.82, 2.24) is 9.29 Å². The summed E-state index contributed by atoms with van der Waals surface area (Å²) in [7, 11) is -3.50. The molecule has 0 N–H and O–H groups in total. The van der Waals surface area contributed by atoms with E-state index in [-0.39, 0.29) is 31.7 Å². The van der Waals surface area contributed by atoms with Crippen LogP contribution in [0.2, 0.25) is 0 Å². The van der Waals surface area contributed by atoms with Crippen LogP contribution in [0, 0.1) is 12.8 Å². The molecule has 1 aromatic heterocycles. The normalized spacial score (nSPS) is 19.0. The molecule has 1 aliphatic heterocycles. The van der Waals surface area contributed by atoms with Crippen LogP contribution in [-0.4, -0.2) is 42.7 Å². The zero-order valence-corrected chi connectivity index (χ0v) is 13.2. The lowest BCUT2D eigenvalue weighted by Gasteiger charge is -2.32. The highest BCUT2D eigenvalue weighted by atomic mass is 32.2. The molecule has 0 saturated carbocycles. The summed E-state index contributed by atoms with van der Waals surface area (Å²) in [6, 6.07) is 0. The summed E-state index contributed by atoms with van der Waals surface area (Å²) in [5.74, 6) is -1.46. The van der Waals surface area contributed by atoms with Gasteiger partial charge in [-0.25, -0.2) is 17.7 Å². The zero-order valence-electron chi connectivity index (χ0n) is 11.6. The molecule has 9 heteroatoms. The molecule has 4 nitrogen and oxygen atoms in total. The fourth-order valence-electron chi connectivity index (χ4n) is 2.38. The third-order valence-electron chi connectivity index (χ3n) is 3.74. The number of alkyl halides is 3. The van der Waals surface area contributed by atoms with E-state index in [4.69, 9.17) is 0 Å². The van der Waals surface area contributed by atoms with Crippen molar-refractivity contribution < 1.29 is 21.6 Å². The minimum absolute atomic E-state index is 0.0474. The third-order valence-corrected chi connectivity index (χ3v) is 6.61. The molecule has 0 radical (unpaired) electrons. The number of hydrogen-bond acceptors (Lipinski definition) is 4. The van der Waals surface area contributed by atoms with Gasteiger partial charge in [0.1, 0.15) is 0 Å². The minimum atomic E-state index is -4.23. The summed E-state index contributed by atoms with van der Waals surface area (Å²) in [6.45, 7) is 1.72. The van der Waals surface area contributed by atoms with Crippen LogP contribution in [0.25, 0.3) is 0 Å². The first-order valence-corrected chi connectivity index (χ1v) is 9.12. The van der Waals surface area contributed by atoms with E-state index in [1.807, 2.05) is 6.92 Å². The first-order valence-electron chi connectivity index (χ1n) is 6.63. The third kappa shape index (κ3) is 4.17. The Hall–Kier alpha value is -0.670. The maximum Gasteiger partial charge on any atom is 0.391 e. The predicted molar refractivity (Wildman–Crippen MR) is 74.7 cm³/mol. The fourth-order valence-corrected chi connectivity index (χ4v) is 4.78. The van der Waals surface area contributed by atoms with Crippen molar-refractivity contribution in [1.29, 1.82) is 0 Å². The summed E-state index contributed by atoms with van der Waals surface area (Å²) in [4.78, 5) is 4.96. The van der Waals surface area contributed by atoms with Gasteiger partial charge in [-0.1, -0.05) is 0 Å². The molecule has 0 unspecified atom stereocenters. The Kier molecular flexibility index (Phi) is 4.94. The number of nitrogens with zero attached hydrogens (tertiary/aromatic N) is 2. The molecule has 2 heterocycles. The molecule has 1 aromatic rings. The van der Waals surface area contributed by atoms with Gasteiger partial charge in [0.2, 0.25) is 10.0 Å². The van der Waals surface area contributed by atoms with E-state index in [0.717, 1.165) is 10.6 Å². The van der Waals surface area contributed by atoms with Crippen LogP contribution < -0.4 is 0 Å². The zero-order chi connectivity index (χ0) is 15.7. The molecule has 1 aliphatic rings. The number of halogens is 3. The monoisotopic (exact) mass is 342 g/mol. The van der Waals surface area contributed by atoms with Crippen molar-refractivity contribution >= 4 is 21.4 Å². The van der Waals surface area contributed by atoms with Crippen LogP contribution in [-0.2, 0) is 16.4 Å². The summed E-state index contributed by atoms with van der Waals surface area (Å²) in [6.07, 6.45) is -4.17. The van der Waals surface area contributed by atoms with Crippen molar-refractivity contribution in [3.8, 4) is 0 Å². The number of piperidine rings is 1. The van der Waals surface area contributed by atoms with E-state index >= 15 is 0 Å². The van der Waals surface area contributed by atoms with E-state index in [1.165, 1.54) is 15.6 Å². The Balaban J connectivity index is 1.91. The summed E-state index contributed by atoms with van der Waals surface area (Å²) >= 11 is 1.40. The molecule has 21 heavy (non-hydrogen) atoms. The van der Waals surface area contributed by atoms with Crippen molar-refractivity contribution in [3.63, 3.8) is 0 Å². The van der Waals surface area contributed by atoms with E-state index in [2.05, 4.69) is 4.98 Å². The number of thiazole rings is 1. The molecule has 0 amide bonds. The van der Waals surface area contributed by atoms with Crippen LogP contribution in [0.3, 0.4) is 0 Å². The number of rotatable bonds is 4. The Morgan fingerprint density at radius 1 is 1.38 bits per heavy atom. The highest BCUT2D eigenvalue weighted by molar-refractivity contribution is 7.89. The van der Waals surface area contributed by atoms with Crippen molar-refractivity contribution in [2.45, 2.75) is 32.4 Å². The lowest BCUT2D eigenvalue weighted by atomic mass is 9.98. The standard InChI is InChI=1S/C12H17F3N2O2S2/c1-9-11(20-8-16-9)4-7-21(18,19)17-5-2-10(3-6-17)12(13,14)15/h8,10H,2-7H2,1H3. The molecular weight excluding hydrogens is 325 g/mol. The van der Waals surface area contributed by atoms with E-state index in [1.54, 1.807) is 5.51 Å². The lowest BCUT2D eigenvalue weighted by molar-refractivity contribution is -0.182. The smallest absolute Gasteiger partial charge is 0.250 e. The van der Waals surface area contributed by atoms with Gasteiger partial charge in [-0.05, 0) is 26.2 Å². The number of aryl methyl sites for hydroxylation is 2. The van der Waals surface area contributed by atoms with Gasteiger partial charge in [0.05, 0.1) is 22.9 Å². The molecule has 1 saturated heterocycles. The lowest BCUT2D eigenvalue weighted by Crippen LogP contribution is -2.43. The molecule has 120 valence electrons. The van der Waals surface area contributed by atoms with Gasteiger partial charge in [0, 0.05) is 18.0 Å². The maximum atomic E-state index is 12.6. The number of hydrogen-bond donors (Lipinski definition) is 0. The first-order chi connectivity index (χ1) is 9.70. The summed E-state index contributed by atoms with van der Waals surface area (Å²) < 4.78 is 63.2. The SMILES string of the molecule is Cc1ncsc1CCS(=O)(=O)N1CCC(C(F)(F)F)CC1. The van der Waals surface area contributed by atoms with Gasteiger partial charge in [-0.15, -0.1) is 11.3 Å². The fraction of sp³-hybridized carbons (Fsp3) is 0.750. The minimum Gasteiger partial charge on any atom is -0.250 e. The Labute approximate surface area is 126 Å². The second kappa shape index (κ2) is 6.21. The van der Waals surface area contributed by atoms with Crippen LogP contribution in [0.5, 0.6) is 0 Å². The molecule has 0 bridgehead atoms. The van der Waals surface area contributed by atoms with Crippen molar-refractivity contribution in [2.24, 2.45) is 5.92 Å². The van der Waals surface area contributed by atoms with Crippen LogP contribution in [0.15, 0.2) is 5.51 Å². The second-order valence-corrected chi connectivity index (χ2v) is 8.17. The maximum absolute atomic E-state index is 12.6. The van der Waals surface area contributed by atoms with Gasteiger partial charge < -0.3 is 0 Å². The highest BCUT2D eigenvalue weighted by Crippen LogP contribution is 2.34. The molecular formula is C12H17F3N2O2S2. The van der Waals surface area contributed by atoms with E-state index in [0.29, 0.717) is 6.42 Å². The molecule has 0 aliphatic carbocycles. The molecule has 2 rings (SSSR count). The highest BCUT2D eigenvalue weighted by Gasteiger charge is 2.42. The molecule has 0 aromatic carbocycles. The van der Waals surface area contributed by atoms with Gasteiger partial charge in [-0.2, -0.15) is 13.2 Å². The quantitative estimate of drug-likeness (QED) is 0.845. The Morgan fingerprint density at radius 3 is 2.48 bits per heavy atom. The van der Waals surface area contributed by atoms with Gasteiger partial charge in [0.25, 0.3) is 0 Å². The van der Waals surface area contributed by atoms with Crippen molar-refractivity contribution in [2.75, 3.05) is 18.8 Å². The number of sulfonamides is 1. The largest absolute Gasteiger partial charge is 0.391 e. The second-order valence-electron chi connectivity index (χ2n) is 5.14. The van der Waals surface area contributed by atoms with Crippen LogP contribution >= 0.6 is 11.3 Å². The van der Waals surface area contributed by atoms with Gasteiger partial charge >= 0.3 is 6.18 Å². The average Bonchev–Trinajstić information content (AvgIpc) is 2.81. The predicted octanol–water partition coefficient (Wildman–Crippen LogP) is 2.60. The van der Waals surface area contributed by atoms with Gasteiger partial charge in [0.15, 0.2) is 0 Å². The van der Waals surface area contributed by atoms with E-state index in [9.17, 15) is 21.6 Å². The topological polar surface area (TPSA) is 50.3 Å². The Bertz CT molecular complexity index is 576. The van der Waals surface area contributed by atoms with E-state index < -0.39 is 22.1 Å².